The Hall–Kier alpha value is -2.47. The van der Waals surface area contributed by atoms with Crippen LogP contribution in [0.4, 0.5) is 11.5 Å². The van der Waals surface area contributed by atoms with E-state index < -0.39 is 0 Å². The first-order chi connectivity index (χ1) is 11.1. The zero-order valence-electron chi connectivity index (χ0n) is 13.3. The third kappa shape index (κ3) is 3.84. The third-order valence-corrected chi connectivity index (χ3v) is 3.67. The molecule has 0 spiro atoms. The fourth-order valence-electron chi connectivity index (χ4n) is 2.75. The van der Waals surface area contributed by atoms with Crippen LogP contribution < -0.4 is 10.2 Å². The Morgan fingerprint density at radius 1 is 1.17 bits per heavy atom. The fraction of sp³-hybridized carbons (Fsp3) is 0.353. The van der Waals surface area contributed by atoms with Gasteiger partial charge < -0.3 is 15.0 Å². The number of rotatable bonds is 3. The van der Waals surface area contributed by atoms with Gasteiger partial charge in [-0.05, 0) is 38.1 Å². The molecule has 2 aromatic heterocycles. The lowest BCUT2D eigenvalue weighted by atomic mass is 10.2. The van der Waals surface area contributed by atoms with E-state index in [4.69, 9.17) is 4.74 Å². The van der Waals surface area contributed by atoms with Gasteiger partial charge in [0.25, 0.3) is 5.91 Å². The number of carbonyl (C=O) groups is 1. The molecule has 0 unspecified atom stereocenters. The summed E-state index contributed by atoms with van der Waals surface area (Å²) >= 11 is 0. The van der Waals surface area contributed by atoms with Crippen molar-refractivity contribution in [2.75, 3.05) is 23.3 Å². The second-order valence-corrected chi connectivity index (χ2v) is 5.73. The van der Waals surface area contributed by atoms with Crippen LogP contribution in [0.1, 0.15) is 24.3 Å². The van der Waals surface area contributed by atoms with Crippen LogP contribution in [0.2, 0.25) is 0 Å². The van der Waals surface area contributed by atoms with Crippen LogP contribution in [-0.2, 0) is 4.74 Å². The predicted molar refractivity (Wildman–Crippen MR) is 88.6 cm³/mol. The zero-order chi connectivity index (χ0) is 16.2. The van der Waals surface area contributed by atoms with E-state index in [0.29, 0.717) is 11.5 Å². The lowest BCUT2D eigenvalue weighted by Crippen LogP contribution is -2.45. The Bertz CT molecular complexity index is 667. The molecule has 6 heteroatoms. The summed E-state index contributed by atoms with van der Waals surface area (Å²) in [6, 6.07) is 9.09. The number of amides is 1. The minimum absolute atomic E-state index is 0.165. The molecule has 1 saturated heterocycles. The van der Waals surface area contributed by atoms with Crippen molar-refractivity contribution < 1.29 is 9.53 Å². The first-order valence-corrected chi connectivity index (χ1v) is 7.70. The quantitative estimate of drug-likeness (QED) is 0.942. The first kappa shape index (κ1) is 15.4. The normalized spacial score (nSPS) is 21.0. The van der Waals surface area contributed by atoms with Crippen LogP contribution in [0.3, 0.4) is 0 Å². The van der Waals surface area contributed by atoms with Crippen molar-refractivity contribution in [3.63, 3.8) is 0 Å². The van der Waals surface area contributed by atoms with Gasteiger partial charge in [-0.2, -0.15) is 0 Å². The number of hydrogen-bond acceptors (Lipinski definition) is 5. The van der Waals surface area contributed by atoms with Crippen molar-refractivity contribution in [3.05, 3.63) is 48.4 Å². The largest absolute Gasteiger partial charge is 0.372 e. The number of ether oxygens (including phenoxy) is 1. The molecule has 1 amide bonds. The maximum atomic E-state index is 12.3. The minimum atomic E-state index is -0.264. The summed E-state index contributed by atoms with van der Waals surface area (Å²) in [5.74, 6) is 0.248. The van der Waals surface area contributed by atoms with Gasteiger partial charge in [-0.25, -0.2) is 4.98 Å². The van der Waals surface area contributed by atoms with Crippen molar-refractivity contribution in [2.24, 2.45) is 0 Å². The standard InChI is InChI=1S/C17H20N4O2/c1-12-10-21(11-13(2)23-12)14-6-8-18-15(9-14)17(22)20-16-5-3-4-7-19-16/h3-9,12-13H,10-11H2,1-2H3,(H,19,20,22)/t12-,13-/m1/s1. The van der Waals surface area contributed by atoms with Crippen molar-refractivity contribution in [3.8, 4) is 0 Å². The van der Waals surface area contributed by atoms with Crippen LogP contribution in [0.25, 0.3) is 0 Å². The van der Waals surface area contributed by atoms with Gasteiger partial charge in [0.15, 0.2) is 0 Å². The fourth-order valence-corrected chi connectivity index (χ4v) is 2.75. The van der Waals surface area contributed by atoms with Gasteiger partial charge in [-0.15, -0.1) is 0 Å². The summed E-state index contributed by atoms with van der Waals surface area (Å²) in [6.07, 6.45) is 3.62. The molecule has 1 fully saturated rings. The Labute approximate surface area is 135 Å². The molecule has 0 bridgehead atoms. The highest BCUT2D eigenvalue weighted by Gasteiger charge is 2.23. The molecule has 1 aliphatic heterocycles. The molecule has 3 rings (SSSR count). The van der Waals surface area contributed by atoms with E-state index in [1.807, 2.05) is 18.2 Å². The van der Waals surface area contributed by atoms with Gasteiger partial charge in [-0.3, -0.25) is 9.78 Å². The monoisotopic (exact) mass is 312 g/mol. The number of anilines is 2. The smallest absolute Gasteiger partial charge is 0.275 e. The van der Waals surface area contributed by atoms with Crippen LogP contribution >= 0.6 is 0 Å². The second kappa shape index (κ2) is 6.75. The third-order valence-electron chi connectivity index (χ3n) is 3.67. The number of carbonyl (C=O) groups excluding carboxylic acids is 1. The van der Waals surface area contributed by atoms with Gasteiger partial charge in [0.2, 0.25) is 0 Å². The first-order valence-electron chi connectivity index (χ1n) is 7.70. The highest BCUT2D eigenvalue weighted by molar-refractivity contribution is 6.02. The van der Waals surface area contributed by atoms with Gasteiger partial charge in [0.1, 0.15) is 11.5 Å². The molecule has 120 valence electrons. The minimum Gasteiger partial charge on any atom is -0.372 e. The van der Waals surface area contributed by atoms with Gasteiger partial charge in [-0.1, -0.05) is 6.07 Å². The van der Waals surface area contributed by atoms with Crippen molar-refractivity contribution in [1.29, 1.82) is 0 Å². The summed E-state index contributed by atoms with van der Waals surface area (Å²) < 4.78 is 5.75. The summed E-state index contributed by atoms with van der Waals surface area (Å²) in [5.41, 5.74) is 1.35. The highest BCUT2D eigenvalue weighted by atomic mass is 16.5. The molecule has 1 aliphatic rings. The van der Waals surface area contributed by atoms with Crippen LogP contribution in [0, 0.1) is 0 Å². The van der Waals surface area contributed by atoms with Gasteiger partial charge >= 0.3 is 0 Å². The zero-order valence-corrected chi connectivity index (χ0v) is 13.3. The molecular formula is C17H20N4O2. The van der Waals surface area contributed by atoms with Crippen molar-refractivity contribution >= 4 is 17.4 Å². The Morgan fingerprint density at radius 3 is 2.65 bits per heavy atom. The van der Waals surface area contributed by atoms with E-state index in [2.05, 4.69) is 34.0 Å². The topological polar surface area (TPSA) is 67.4 Å². The van der Waals surface area contributed by atoms with E-state index in [1.54, 1.807) is 24.5 Å². The number of pyridine rings is 2. The Balaban J connectivity index is 1.75. The summed E-state index contributed by atoms with van der Waals surface area (Å²) in [5, 5.41) is 2.75. The number of morpholine rings is 1. The maximum absolute atomic E-state index is 12.3. The molecule has 23 heavy (non-hydrogen) atoms. The van der Waals surface area contributed by atoms with Crippen LogP contribution in [0.5, 0.6) is 0 Å². The average molecular weight is 312 g/mol. The Kier molecular flexibility index (Phi) is 4.52. The predicted octanol–water partition coefficient (Wildman–Crippen LogP) is 2.34. The van der Waals surface area contributed by atoms with Gasteiger partial charge in [0, 0.05) is 31.2 Å². The van der Waals surface area contributed by atoms with Crippen molar-refractivity contribution in [1.82, 2.24) is 9.97 Å². The summed E-state index contributed by atoms with van der Waals surface area (Å²) in [7, 11) is 0. The highest BCUT2D eigenvalue weighted by Crippen LogP contribution is 2.20. The SMILES string of the molecule is C[C@@H]1CN(c2ccnc(C(=O)Nc3ccccn3)c2)C[C@@H](C)O1. The van der Waals surface area contributed by atoms with E-state index in [9.17, 15) is 4.79 Å². The Morgan fingerprint density at radius 2 is 1.96 bits per heavy atom. The second-order valence-electron chi connectivity index (χ2n) is 5.73. The van der Waals surface area contributed by atoms with Gasteiger partial charge in [0.05, 0.1) is 12.2 Å². The molecule has 0 aliphatic carbocycles. The number of nitrogens with one attached hydrogen (secondary N) is 1. The molecule has 6 nitrogen and oxygen atoms in total. The number of nitrogens with zero attached hydrogens (tertiary/aromatic N) is 3. The molecular weight excluding hydrogens is 292 g/mol. The molecule has 0 aromatic carbocycles. The molecule has 0 saturated carbocycles. The van der Waals surface area contributed by atoms with E-state index in [1.165, 1.54) is 0 Å². The summed E-state index contributed by atoms with van der Waals surface area (Å²) in [6.45, 7) is 5.71. The van der Waals surface area contributed by atoms with E-state index >= 15 is 0 Å². The van der Waals surface area contributed by atoms with E-state index in [0.717, 1.165) is 18.8 Å². The molecule has 2 atom stereocenters. The summed E-state index contributed by atoms with van der Waals surface area (Å²) in [4.78, 5) is 22.8. The molecule has 0 radical (unpaired) electrons. The number of hydrogen-bond donors (Lipinski definition) is 1. The van der Waals surface area contributed by atoms with Crippen molar-refractivity contribution in [2.45, 2.75) is 26.1 Å². The lowest BCUT2D eigenvalue weighted by Gasteiger charge is -2.36. The van der Waals surface area contributed by atoms with Crippen LogP contribution in [0.15, 0.2) is 42.7 Å². The van der Waals surface area contributed by atoms with Crippen LogP contribution in [-0.4, -0.2) is 41.2 Å². The van der Waals surface area contributed by atoms with E-state index in [-0.39, 0.29) is 18.1 Å². The molecule has 3 heterocycles. The molecule has 2 aromatic rings. The lowest BCUT2D eigenvalue weighted by molar-refractivity contribution is -0.00522. The maximum Gasteiger partial charge on any atom is 0.275 e. The number of aromatic nitrogens is 2. The molecule has 1 N–H and O–H groups in total. The average Bonchev–Trinajstić information content (AvgIpc) is 2.55.